The first-order valence-electron chi connectivity index (χ1n) is 5.84. The maximum atomic E-state index is 11.0. The van der Waals surface area contributed by atoms with Crippen molar-refractivity contribution >= 4 is 41.5 Å². The molecule has 0 bridgehead atoms. The predicted octanol–water partition coefficient (Wildman–Crippen LogP) is 2.12. The van der Waals surface area contributed by atoms with E-state index in [9.17, 15) is 9.59 Å². The summed E-state index contributed by atoms with van der Waals surface area (Å²) in [4.78, 5) is 22.0. The Kier molecular flexibility index (Phi) is 10.2. The van der Waals surface area contributed by atoms with E-state index in [1.54, 1.807) is 6.92 Å². The molecule has 0 saturated carbocycles. The molecule has 0 spiro atoms. The molecule has 5 heteroatoms. The van der Waals surface area contributed by atoms with Crippen molar-refractivity contribution in [3.63, 3.8) is 0 Å². The number of carboxylic acids is 2. The summed E-state index contributed by atoms with van der Waals surface area (Å²) in [5, 5.41) is 18.0. The van der Waals surface area contributed by atoms with Gasteiger partial charge in [0.15, 0.2) is 5.41 Å². The van der Waals surface area contributed by atoms with Crippen LogP contribution in [0.1, 0.15) is 52.9 Å². The number of aliphatic carboxylic acids is 2. The van der Waals surface area contributed by atoms with Crippen molar-refractivity contribution < 1.29 is 19.8 Å². The van der Waals surface area contributed by atoms with Gasteiger partial charge in [0.05, 0.1) is 0 Å². The summed E-state index contributed by atoms with van der Waals surface area (Å²) >= 11 is 0. The van der Waals surface area contributed by atoms with Crippen LogP contribution >= 0.6 is 0 Å². The van der Waals surface area contributed by atoms with E-state index in [0.29, 0.717) is 6.42 Å². The van der Waals surface area contributed by atoms with Gasteiger partial charge in [0.25, 0.3) is 0 Å². The topological polar surface area (TPSA) is 74.6 Å². The molecule has 0 aliphatic carbocycles. The molecule has 0 heterocycles. The van der Waals surface area contributed by atoms with Crippen LogP contribution in [-0.4, -0.2) is 51.7 Å². The molecule has 4 nitrogen and oxygen atoms in total. The van der Waals surface area contributed by atoms with Gasteiger partial charge < -0.3 is 10.2 Å². The zero-order valence-corrected chi connectivity index (χ0v) is 10.3. The second-order valence-corrected chi connectivity index (χ2v) is 4.56. The van der Waals surface area contributed by atoms with Gasteiger partial charge in [-0.25, -0.2) is 0 Å². The molecule has 0 fully saturated rings. The van der Waals surface area contributed by atoms with Gasteiger partial charge in [0.1, 0.15) is 0 Å². The molecule has 0 aromatic carbocycles. The number of hydrogen-bond donors (Lipinski definition) is 2. The van der Waals surface area contributed by atoms with Gasteiger partial charge in [-0.3, -0.25) is 9.59 Å². The molecule has 0 aliphatic rings. The fraction of sp³-hybridized carbons (Fsp3) is 0.833. The first-order chi connectivity index (χ1) is 7.37. The van der Waals surface area contributed by atoms with E-state index in [1.807, 2.05) is 0 Å². The fourth-order valence-corrected chi connectivity index (χ4v) is 1.68. The number of rotatable bonds is 8. The van der Waals surface area contributed by atoms with E-state index >= 15 is 0 Å². The molecule has 1 atom stereocenters. The van der Waals surface area contributed by atoms with E-state index in [-0.39, 0.29) is 35.5 Å². The summed E-state index contributed by atoms with van der Waals surface area (Å²) in [5.41, 5.74) is -1.66. The first kappa shape index (κ1) is 19.3. The van der Waals surface area contributed by atoms with E-state index in [2.05, 4.69) is 6.92 Å². The van der Waals surface area contributed by atoms with Gasteiger partial charge in [-0.2, -0.15) is 0 Å². The van der Waals surface area contributed by atoms with Gasteiger partial charge in [0, 0.05) is 0 Å². The first-order valence-corrected chi connectivity index (χ1v) is 5.84. The van der Waals surface area contributed by atoms with Gasteiger partial charge in [-0.15, -0.1) is 0 Å². The zero-order chi connectivity index (χ0) is 12.8. The third-order valence-corrected chi connectivity index (χ3v) is 3.36. The average Bonchev–Trinajstić information content (AvgIpc) is 2.22. The van der Waals surface area contributed by atoms with Crippen LogP contribution < -0.4 is 0 Å². The molecule has 0 aliphatic heterocycles. The Hall–Kier alpha value is -0.0600. The van der Waals surface area contributed by atoms with E-state index < -0.39 is 17.4 Å². The second-order valence-electron chi connectivity index (χ2n) is 4.56. The molecule has 0 radical (unpaired) electrons. The second kappa shape index (κ2) is 8.95. The molecule has 0 aromatic heterocycles. The molecule has 0 amide bonds. The average molecular weight is 254 g/mol. The Morgan fingerprint density at radius 3 is 1.94 bits per heavy atom. The molecule has 0 aromatic rings. The van der Waals surface area contributed by atoms with Crippen LogP contribution in [-0.2, 0) is 9.59 Å². The predicted molar refractivity (Wildman–Crippen MR) is 68.5 cm³/mol. The van der Waals surface area contributed by atoms with Crippen molar-refractivity contribution in [1.29, 1.82) is 0 Å². The van der Waals surface area contributed by atoms with Crippen LogP contribution in [0.4, 0.5) is 0 Å². The van der Waals surface area contributed by atoms with Gasteiger partial charge in [-0.1, -0.05) is 39.5 Å². The summed E-state index contributed by atoms with van der Waals surface area (Å²) in [6.45, 7) is 5.10. The summed E-state index contributed by atoms with van der Waals surface area (Å²) in [6, 6.07) is 0. The molecule has 17 heavy (non-hydrogen) atoms. The monoisotopic (exact) mass is 254 g/mol. The number of carboxylic acid groups (broad SMARTS) is 2. The zero-order valence-electron chi connectivity index (χ0n) is 10.3. The normalized spacial score (nSPS) is 12.6. The van der Waals surface area contributed by atoms with Crippen molar-refractivity contribution in [1.82, 2.24) is 0 Å². The van der Waals surface area contributed by atoms with Crippen LogP contribution in [0.15, 0.2) is 0 Å². The van der Waals surface area contributed by atoms with Crippen molar-refractivity contribution in [2.24, 2.45) is 11.3 Å². The fourth-order valence-electron chi connectivity index (χ4n) is 1.68. The maximum absolute atomic E-state index is 11.0. The van der Waals surface area contributed by atoms with Gasteiger partial charge in [-0.05, 0) is 19.3 Å². The minimum atomic E-state index is -1.66. The van der Waals surface area contributed by atoms with Crippen molar-refractivity contribution in [3.8, 4) is 0 Å². The summed E-state index contributed by atoms with van der Waals surface area (Å²) in [7, 11) is 0. The number of unbranched alkanes of at least 4 members (excludes halogenated alkanes) is 3. The van der Waals surface area contributed by atoms with Gasteiger partial charge in [0.2, 0.25) is 0 Å². The molecule has 96 valence electrons. The molecule has 0 saturated heterocycles. The summed E-state index contributed by atoms with van der Waals surface area (Å²) in [6.07, 6.45) is 4.81. The van der Waals surface area contributed by atoms with Crippen LogP contribution in [0.5, 0.6) is 0 Å². The van der Waals surface area contributed by atoms with Crippen molar-refractivity contribution in [2.45, 2.75) is 52.9 Å². The van der Waals surface area contributed by atoms with Crippen molar-refractivity contribution in [2.75, 3.05) is 0 Å². The summed E-state index contributed by atoms with van der Waals surface area (Å²) in [5.74, 6) is -2.84. The van der Waals surface area contributed by atoms with Crippen LogP contribution in [0.2, 0.25) is 0 Å². The molecule has 1 unspecified atom stereocenters. The van der Waals surface area contributed by atoms with E-state index in [1.165, 1.54) is 6.92 Å². The third kappa shape index (κ3) is 5.40. The molecule has 2 N–H and O–H groups in total. The minimum absolute atomic E-state index is 0. The van der Waals surface area contributed by atoms with Gasteiger partial charge >= 0.3 is 41.5 Å². The SMILES string of the molecule is CCCCCCC(C)C(C)(C(=O)O)C(=O)O.[NaH]. The third-order valence-electron chi connectivity index (χ3n) is 3.36. The van der Waals surface area contributed by atoms with Crippen molar-refractivity contribution in [3.05, 3.63) is 0 Å². The Bertz CT molecular complexity index is 239. The standard InChI is InChI=1S/C12H22O4.Na.H/c1-4-5-6-7-8-9(2)12(3,10(13)14)11(15)16;;/h9H,4-8H2,1-3H3,(H,13,14)(H,15,16);;. The van der Waals surface area contributed by atoms with Crippen LogP contribution in [0.25, 0.3) is 0 Å². The summed E-state index contributed by atoms with van der Waals surface area (Å²) < 4.78 is 0. The van der Waals surface area contributed by atoms with E-state index in [0.717, 1.165) is 25.7 Å². The van der Waals surface area contributed by atoms with Crippen LogP contribution in [0.3, 0.4) is 0 Å². The van der Waals surface area contributed by atoms with E-state index in [4.69, 9.17) is 10.2 Å². The Morgan fingerprint density at radius 2 is 1.59 bits per heavy atom. The Labute approximate surface area is 125 Å². The Morgan fingerprint density at radius 1 is 1.12 bits per heavy atom. The Balaban J connectivity index is 0. The number of hydrogen-bond acceptors (Lipinski definition) is 2. The molecular weight excluding hydrogens is 231 g/mol. The number of carbonyl (C=O) groups is 2. The molecule has 0 rings (SSSR count). The molecular formula is C12H23NaO4. The van der Waals surface area contributed by atoms with Crippen LogP contribution in [0, 0.1) is 11.3 Å². The quantitative estimate of drug-likeness (QED) is 0.395.